The molecule has 2 heteroatoms. The van der Waals surface area contributed by atoms with E-state index in [4.69, 9.17) is 0 Å². The molecule has 0 fully saturated rings. The molecule has 1 aliphatic heterocycles. The maximum absolute atomic E-state index is 4.43. The van der Waals surface area contributed by atoms with Crippen LogP contribution < -0.4 is 0 Å². The van der Waals surface area contributed by atoms with E-state index >= 15 is 0 Å². The Kier molecular flexibility index (Phi) is 3.57. The fourth-order valence-corrected chi connectivity index (χ4v) is 2.80. The quantitative estimate of drug-likeness (QED) is 0.574. The predicted octanol–water partition coefficient (Wildman–Crippen LogP) is 5.90. The number of hydrogen-bond acceptors (Lipinski definition) is 2. The molecule has 23 heavy (non-hydrogen) atoms. The van der Waals surface area contributed by atoms with Crippen molar-refractivity contribution in [1.82, 2.24) is 0 Å². The molecule has 0 spiro atoms. The molecule has 0 amide bonds. The predicted molar refractivity (Wildman–Crippen MR) is 93.9 cm³/mol. The average Bonchev–Trinajstić information content (AvgIpc) is 3.14. The Labute approximate surface area is 135 Å². The second kappa shape index (κ2) is 6.01. The van der Waals surface area contributed by atoms with Gasteiger partial charge in [-0.2, -0.15) is 10.2 Å². The normalized spacial score (nSPS) is 16.3. The molecule has 0 N–H and O–H groups in total. The Hall–Kier alpha value is -3.00. The molecule has 1 heterocycles. The lowest BCUT2D eigenvalue weighted by molar-refractivity contribution is 0.882. The van der Waals surface area contributed by atoms with Crippen LogP contribution in [0.4, 0.5) is 0 Å². The lowest BCUT2D eigenvalue weighted by Gasteiger charge is -2.07. The van der Waals surface area contributed by atoms with E-state index in [2.05, 4.69) is 77.0 Å². The highest BCUT2D eigenvalue weighted by Gasteiger charge is 2.16. The van der Waals surface area contributed by atoms with Gasteiger partial charge in [0.25, 0.3) is 0 Å². The summed E-state index contributed by atoms with van der Waals surface area (Å²) >= 11 is 0. The third-order valence-electron chi connectivity index (χ3n) is 4.01. The third kappa shape index (κ3) is 2.84. The largest absolute Gasteiger partial charge is 0.176 e. The molecule has 0 aromatic heterocycles. The van der Waals surface area contributed by atoms with Crippen LogP contribution in [0.25, 0.3) is 16.8 Å². The van der Waals surface area contributed by atoms with Crippen molar-refractivity contribution in [2.24, 2.45) is 10.2 Å². The van der Waals surface area contributed by atoms with Gasteiger partial charge in [0.05, 0.1) is 5.70 Å². The zero-order valence-electron chi connectivity index (χ0n) is 12.6. The maximum atomic E-state index is 4.43. The van der Waals surface area contributed by atoms with Crippen LogP contribution in [0.1, 0.15) is 17.2 Å². The van der Waals surface area contributed by atoms with Crippen molar-refractivity contribution < 1.29 is 0 Å². The molecular weight excluding hydrogens is 280 g/mol. The summed E-state index contributed by atoms with van der Waals surface area (Å²) in [7, 11) is 0. The number of rotatable bonds is 3. The molecule has 1 atom stereocenters. The van der Waals surface area contributed by atoms with Gasteiger partial charge in [0.15, 0.2) is 0 Å². The number of hydrogen-bond donors (Lipinski definition) is 0. The van der Waals surface area contributed by atoms with Crippen molar-refractivity contribution in [3.63, 3.8) is 0 Å². The Balaban J connectivity index is 1.65. The van der Waals surface area contributed by atoms with Crippen molar-refractivity contribution in [1.29, 1.82) is 0 Å². The summed E-state index contributed by atoms with van der Waals surface area (Å²) in [5.74, 6) is 0. The van der Waals surface area contributed by atoms with Crippen LogP contribution in [0.5, 0.6) is 0 Å². The van der Waals surface area contributed by atoms with E-state index < -0.39 is 0 Å². The van der Waals surface area contributed by atoms with E-state index in [1.165, 1.54) is 16.7 Å². The van der Waals surface area contributed by atoms with Crippen molar-refractivity contribution >= 4 is 5.70 Å². The van der Waals surface area contributed by atoms with Crippen LogP contribution in [0.3, 0.4) is 0 Å². The summed E-state index contributed by atoms with van der Waals surface area (Å²) in [6.07, 6.45) is 2.12. The van der Waals surface area contributed by atoms with E-state index in [0.29, 0.717) is 0 Å². The molecular formula is C21H16N2. The van der Waals surface area contributed by atoms with Crippen LogP contribution >= 0.6 is 0 Å². The minimum absolute atomic E-state index is 0.00568. The SMILES string of the molecule is C1=C(c2ccccc2)N=NC1c1cccc(-c2ccccc2)c1. The summed E-state index contributed by atoms with van der Waals surface area (Å²) < 4.78 is 0. The first-order chi connectivity index (χ1) is 11.4. The van der Waals surface area contributed by atoms with Gasteiger partial charge in [-0.3, -0.25) is 0 Å². The van der Waals surface area contributed by atoms with Crippen LogP contribution in [-0.4, -0.2) is 0 Å². The van der Waals surface area contributed by atoms with Crippen molar-refractivity contribution in [3.05, 3.63) is 102 Å². The fraction of sp³-hybridized carbons (Fsp3) is 0.0476. The van der Waals surface area contributed by atoms with Crippen LogP contribution in [-0.2, 0) is 0 Å². The van der Waals surface area contributed by atoms with Gasteiger partial charge in [0.2, 0.25) is 0 Å². The van der Waals surface area contributed by atoms with Crippen LogP contribution in [0.15, 0.2) is 101 Å². The first kappa shape index (κ1) is 13.6. The molecule has 0 aliphatic carbocycles. The molecule has 0 radical (unpaired) electrons. The molecule has 0 saturated carbocycles. The van der Waals surface area contributed by atoms with Crippen molar-refractivity contribution in [2.75, 3.05) is 0 Å². The van der Waals surface area contributed by atoms with Crippen molar-refractivity contribution in [2.45, 2.75) is 6.04 Å². The zero-order valence-corrected chi connectivity index (χ0v) is 12.6. The number of nitrogens with zero attached hydrogens (tertiary/aromatic N) is 2. The first-order valence-electron chi connectivity index (χ1n) is 7.74. The molecule has 1 aliphatic rings. The molecule has 3 aromatic rings. The Bertz CT molecular complexity index is 865. The van der Waals surface area contributed by atoms with Gasteiger partial charge in [-0.25, -0.2) is 0 Å². The van der Waals surface area contributed by atoms with Crippen LogP contribution in [0, 0.1) is 0 Å². The standard InChI is InChI=1S/C21H16N2/c1-3-8-16(9-4-1)18-12-7-13-19(14-18)21-15-20(22-23-21)17-10-5-2-6-11-17/h1-15,21H. The first-order valence-corrected chi connectivity index (χ1v) is 7.74. The number of azo groups is 1. The van der Waals surface area contributed by atoms with Crippen molar-refractivity contribution in [3.8, 4) is 11.1 Å². The zero-order chi connectivity index (χ0) is 15.5. The maximum Gasteiger partial charge on any atom is 0.117 e. The fourth-order valence-electron chi connectivity index (χ4n) is 2.80. The number of benzene rings is 3. The van der Waals surface area contributed by atoms with E-state index in [1.54, 1.807) is 0 Å². The highest BCUT2D eigenvalue weighted by molar-refractivity contribution is 5.68. The smallest absolute Gasteiger partial charge is 0.117 e. The van der Waals surface area contributed by atoms with Gasteiger partial charge in [-0.15, -0.1) is 0 Å². The Morgan fingerprint density at radius 1 is 0.609 bits per heavy atom. The Morgan fingerprint density at radius 3 is 2.00 bits per heavy atom. The van der Waals surface area contributed by atoms with Gasteiger partial charge in [0, 0.05) is 5.56 Å². The van der Waals surface area contributed by atoms with Crippen LogP contribution in [0.2, 0.25) is 0 Å². The van der Waals surface area contributed by atoms with Gasteiger partial charge in [0.1, 0.15) is 6.04 Å². The summed E-state index contributed by atoms with van der Waals surface area (Å²) in [4.78, 5) is 0. The molecule has 3 aromatic carbocycles. The molecule has 0 saturated heterocycles. The highest BCUT2D eigenvalue weighted by atomic mass is 15.2. The van der Waals surface area contributed by atoms with Gasteiger partial charge < -0.3 is 0 Å². The lowest BCUT2D eigenvalue weighted by Crippen LogP contribution is -1.89. The minimum Gasteiger partial charge on any atom is -0.176 e. The topological polar surface area (TPSA) is 24.7 Å². The van der Waals surface area contributed by atoms with E-state index in [9.17, 15) is 0 Å². The van der Waals surface area contributed by atoms with E-state index in [1.807, 2.05) is 24.3 Å². The van der Waals surface area contributed by atoms with Gasteiger partial charge in [-0.05, 0) is 28.8 Å². The second-order valence-corrected chi connectivity index (χ2v) is 5.57. The summed E-state index contributed by atoms with van der Waals surface area (Å²) in [6, 6.07) is 29.1. The average molecular weight is 296 g/mol. The monoisotopic (exact) mass is 296 g/mol. The lowest BCUT2D eigenvalue weighted by atomic mass is 9.99. The van der Waals surface area contributed by atoms with E-state index in [-0.39, 0.29) is 6.04 Å². The Morgan fingerprint density at radius 2 is 1.26 bits per heavy atom. The highest BCUT2D eigenvalue weighted by Crippen LogP contribution is 2.33. The van der Waals surface area contributed by atoms with Gasteiger partial charge >= 0.3 is 0 Å². The summed E-state index contributed by atoms with van der Waals surface area (Å²) in [6.45, 7) is 0. The molecule has 110 valence electrons. The molecule has 1 unspecified atom stereocenters. The molecule has 4 rings (SSSR count). The van der Waals surface area contributed by atoms with E-state index in [0.717, 1.165) is 11.3 Å². The second-order valence-electron chi connectivity index (χ2n) is 5.57. The minimum atomic E-state index is -0.00568. The summed E-state index contributed by atoms with van der Waals surface area (Å²) in [5, 5.41) is 8.78. The van der Waals surface area contributed by atoms with Gasteiger partial charge in [-0.1, -0.05) is 78.9 Å². The summed E-state index contributed by atoms with van der Waals surface area (Å²) in [5.41, 5.74) is 5.65. The molecule has 0 bridgehead atoms. The molecule has 2 nitrogen and oxygen atoms in total. The third-order valence-corrected chi connectivity index (χ3v) is 4.01.